The lowest BCUT2D eigenvalue weighted by Gasteiger charge is -2.01. The van der Waals surface area contributed by atoms with E-state index < -0.39 is 0 Å². The van der Waals surface area contributed by atoms with E-state index in [9.17, 15) is 4.39 Å². The van der Waals surface area contributed by atoms with Crippen LogP contribution in [0, 0.1) is 5.82 Å². The van der Waals surface area contributed by atoms with Crippen molar-refractivity contribution >= 4 is 21.6 Å². The number of nitrogens with zero attached hydrogens (tertiary/aromatic N) is 1. The molecule has 1 aromatic rings. The second kappa shape index (κ2) is 3.10. The van der Waals surface area contributed by atoms with E-state index in [2.05, 4.69) is 21.1 Å². The average molecular weight is 244 g/mol. The smallest absolute Gasteiger partial charge is 0.128 e. The van der Waals surface area contributed by atoms with E-state index in [1.807, 2.05) is 0 Å². The van der Waals surface area contributed by atoms with Crippen LogP contribution in [0.15, 0.2) is 21.8 Å². The summed E-state index contributed by atoms with van der Waals surface area (Å²) in [7, 11) is 0. The highest BCUT2D eigenvalue weighted by molar-refractivity contribution is 9.10. The maximum Gasteiger partial charge on any atom is 0.128 e. The second-order valence-corrected chi connectivity index (χ2v) is 3.88. The van der Waals surface area contributed by atoms with Crippen LogP contribution in [0.5, 0.6) is 0 Å². The summed E-state index contributed by atoms with van der Waals surface area (Å²) in [6.07, 6.45) is 1.23. The summed E-state index contributed by atoms with van der Waals surface area (Å²) in [5.74, 6) is -0.233. The predicted molar refractivity (Wildman–Crippen MR) is 50.7 cm³/mol. The molecule has 0 fully saturated rings. The summed E-state index contributed by atoms with van der Waals surface area (Å²) >= 11 is 3.20. The molecule has 2 nitrogen and oxygen atoms in total. The molecule has 0 spiro atoms. The largest absolute Gasteiger partial charge is 0.411 e. The van der Waals surface area contributed by atoms with Crippen molar-refractivity contribution in [1.82, 2.24) is 0 Å². The van der Waals surface area contributed by atoms with Crippen molar-refractivity contribution in [3.63, 3.8) is 0 Å². The third kappa shape index (κ3) is 1.35. The van der Waals surface area contributed by atoms with Gasteiger partial charge in [0.1, 0.15) is 5.82 Å². The van der Waals surface area contributed by atoms with Gasteiger partial charge >= 0.3 is 0 Å². The van der Waals surface area contributed by atoms with Crippen LogP contribution in [0.3, 0.4) is 0 Å². The van der Waals surface area contributed by atoms with Crippen LogP contribution in [0.25, 0.3) is 0 Å². The van der Waals surface area contributed by atoms with Gasteiger partial charge in [-0.3, -0.25) is 0 Å². The molecule has 1 aliphatic rings. The minimum absolute atomic E-state index is 0.233. The molecule has 0 bridgehead atoms. The molecule has 0 aliphatic heterocycles. The molecule has 0 saturated heterocycles. The van der Waals surface area contributed by atoms with Crippen LogP contribution >= 0.6 is 15.9 Å². The average Bonchev–Trinajstić information content (AvgIpc) is 2.47. The van der Waals surface area contributed by atoms with Crippen molar-refractivity contribution in [3.8, 4) is 0 Å². The Bertz CT molecular complexity index is 389. The van der Waals surface area contributed by atoms with Crippen molar-refractivity contribution < 1.29 is 9.60 Å². The number of fused-ring (bicyclic) bond motifs is 1. The molecule has 13 heavy (non-hydrogen) atoms. The van der Waals surface area contributed by atoms with Gasteiger partial charge in [0, 0.05) is 10.0 Å². The van der Waals surface area contributed by atoms with Gasteiger partial charge in [0.05, 0.1) is 5.71 Å². The van der Waals surface area contributed by atoms with E-state index in [1.165, 1.54) is 6.07 Å². The fourth-order valence-corrected chi connectivity index (χ4v) is 2.03. The Morgan fingerprint density at radius 3 is 2.85 bits per heavy atom. The molecule has 0 atom stereocenters. The number of hydrogen-bond donors (Lipinski definition) is 1. The van der Waals surface area contributed by atoms with Crippen LogP contribution in [0.2, 0.25) is 0 Å². The van der Waals surface area contributed by atoms with Crippen molar-refractivity contribution in [3.05, 3.63) is 33.5 Å². The predicted octanol–water partition coefficient (Wildman–Crippen LogP) is 2.71. The molecule has 0 amide bonds. The third-order valence-electron chi connectivity index (χ3n) is 2.20. The first-order valence-electron chi connectivity index (χ1n) is 3.91. The lowest BCUT2D eigenvalue weighted by molar-refractivity contribution is 0.318. The fraction of sp³-hybridized carbons (Fsp3) is 0.222. The van der Waals surface area contributed by atoms with Crippen molar-refractivity contribution in [2.45, 2.75) is 12.8 Å². The molecule has 1 aromatic carbocycles. The highest BCUT2D eigenvalue weighted by Gasteiger charge is 2.21. The molecule has 0 unspecified atom stereocenters. The Balaban J connectivity index is 2.64. The fourth-order valence-electron chi connectivity index (χ4n) is 1.60. The Kier molecular flexibility index (Phi) is 2.07. The van der Waals surface area contributed by atoms with Gasteiger partial charge in [0.2, 0.25) is 0 Å². The van der Waals surface area contributed by atoms with Gasteiger partial charge in [-0.15, -0.1) is 0 Å². The maximum atomic E-state index is 13.3. The zero-order valence-corrected chi connectivity index (χ0v) is 8.31. The van der Waals surface area contributed by atoms with Crippen molar-refractivity contribution in [1.29, 1.82) is 0 Å². The summed E-state index contributed by atoms with van der Waals surface area (Å²) < 4.78 is 14.0. The summed E-state index contributed by atoms with van der Waals surface area (Å²) in [4.78, 5) is 0. The van der Waals surface area contributed by atoms with Gasteiger partial charge in [-0.05, 0) is 30.5 Å². The van der Waals surface area contributed by atoms with E-state index in [0.29, 0.717) is 28.6 Å². The minimum Gasteiger partial charge on any atom is -0.411 e. The maximum absolute atomic E-state index is 13.3. The number of benzene rings is 1. The SMILES string of the molecule is ON=C1CCc2c(F)cc(Br)cc21. The van der Waals surface area contributed by atoms with Gasteiger partial charge in [-0.1, -0.05) is 21.1 Å². The molecule has 4 heteroatoms. The molecule has 68 valence electrons. The first-order valence-corrected chi connectivity index (χ1v) is 4.71. The molecule has 1 N–H and O–H groups in total. The number of rotatable bonds is 0. The Hall–Kier alpha value is -0.900. The number of oxime groups is 1. The molecule has 0 aromatic heterocycles. The molecular formula is C9H7BrFNO. The zero-order chi connectivity index (χ0) is 9.42. The second-order valence-electron chi connectivity index (χ2n) is 2.96. The van der Waals surface area contributed by atoms with Gasteiger partial charge in [0.15, 0.2) is 0 Å². The quantitative estimate of drug-likeness (QED) is 0.552. The summed E-state index contributed by atoms with van der Waals surface area (Å²) in [6, 6.07) is 3.21. The van der Waals surface area contributed by atoms with E-state index in [4.69, 9.17) is 5.21 Å². The van der Waals surface area contributed by atoms with Crippen molar-refractivity contribution in [2.24, 2.45) is 5.16 Å². The Morgan fingerprint density at radius 2 is 2.15 bits per heavy atom. The van der Waals surface area contributed by atoms with E-state index in [-0.39, 0.29) is 5.82 Å². The summed E-state index contributed by atoms with van der Waals surface area (Å²) in [5, 5.41) is 11.8. The lowest BCUT2D eigenvalue weighted by atomic mass is 10.1. The standard InChI is InChI=1S/C9H7BrFNO/c10-5-3-7-6(8(11)4-5)1-2-9(7)12-13/h3-4,13H,1-2H2. The zero-order valence-electron chi connectivity index (χ0n) is 6.72. The Morgan fingerprint density at radius 1 is 1.38 bits per heavy atom. The topological polar surface area (TPSA) is 32.6 Å². The van der Waals surface area contributed by atoms with Gasteiger partial charge in [-0.2, -0.15) is 0 Å². The molecule has 2 rings (SSSR count). The summed E-state index contributed by atoms with van der Waals surface area (Å²) in [6.45, 7) is 0. The van der Waals surface area contributed by atoms with E-state index in [0.717, 1.165) is 5.56 Å². The van der Waals surface area contributed by atoms with Crippen molar-refractivity contribution in [2.75, 3.05) is 0 Å². The molecular weight excluding hydrogens is 237 g/mol. The first kappa shape index (κ1) is 8.69. The lowest BCUT2D eigenvalue weighted by Crippen LogP contribution is -1.95. The molecule has 0 radical (unpaired) electrons. The third-order valence-corrected chi connectivity index (χ3v) is 2.66. The van der Waals surface area contributed by atoms with Crippen LogP contribution in [0.1, 0.15) is 17.5 Å². The number of halogens is 2. The Labute approximate surface area is 83.2 Å². The van der Waals surface area contributed by atoms with Gasteiger partial charge < -0.3 is 5.21 Å². The van der Waals surface area contributed by atoms with E-state index in [1.54, 1.807) is 6.07 Å². The monoisotopic (exact) mass is 243 g/mol. The van der Waals surface area contributed by atoms with Gasteiger partial charge in [-0.25, -0.2) is 4.39 Å². The van der Waals surface area contributed by atoms with E-state index >= 15 is 0 Å². The van der Waals surface area contributed by atoms with Crippen LogP contribution in [-0.4, -0.2) is 10.9 Å². The molecule has 0 heterocycles. The van der Waals surface area contributed by atoms with Gasteiger partial charge in [0.25, 0.3) is 0 Å². The molecule has 0 saturated carbocycles. The van der Waals surface area contributed by atoms with Crippen LogP contribution < -0.4 is 0 Å². The van der Waals surface area contributed by atoms with Crippen LogP contribution in [0.4, 0.5) is 4.39 Å². The normalized spacial score (nSPS) is 17.8. The number of hydrogen-bond acceptors (Lipinski definition) is 2. The highest BCUT2D eigenvalue weighted by atomic mass is 79.9. The molecule has 1 aliphatic carbocycles. The minimum atomic E-state index is -0.233. The van der Waals surface area contributed by atoms with Crippen LogP contribution in [-0.2, 0) is 6.42 Å². The first-order chi connectivity index (χ1) is 6.22. The summed E-state index contributed by atoms with van der Waals surface area (Å²) in [5.41, 5.74) is 1.93. The highest BCUT2D eigenvalue weighted by Crippen LogP contribution is 2.28.